The van der Waals surface area contributed by atoms with Gasteiger partial charge in [-0.25, -0.2) is 0 Å². The van der Waals surface area contributed by atoms with E-state index in [0.717, 1.165) is 16.7 Å². The van der Waals surface area contributed by atoms with Gasteiger partial charge in [0.05, 0.1) is 13.2 Å². The largest absolute Gasteiger partial charge is 0.507 e. The molecule has 5 nitrogen and oxygen atoms in total. The Bertz CT molecular complexity index is 751. The first kappa shape index (κ1) is 25.6. The third-order valence-corrected chi connectivity index (χ3v) is 7.13. The van der Waals surface area contributed by atoms with E-state index in [9.17, 15) is 14.5 Å². The lowest BCUT2D eigenvalue weighted by Crippen LogP contribution is -2.19. The summed E-state index contributed by atoms with van der Waals surface area (Å²) in [5.74, 6) is -0.0306. The number of hydrogen-bond acceptors (Lipinski definition) is 5. The van der Waals surface area contributed by atoms with Crippen LogP contribution < -0.4 is 0 Å². The molecule has 1 atom stereocenters. The molecule has 0 radical (unpaired) electrons. The van der Waals surface area contributed by atoms with Gasteiger partial charge in [-0.15, -0.1) is 0 Å². The van der Waals surface area contributed by atoms with E-state index in [-0.39, 0.29) is 29.8 Å². The van der Waals surface area contributed by atoms with Crippen LogP contribution in [0.15, 0.2) is 18.2 Å². The van der Waals surface area contributed by atoms with Gasteiger partial charge in [0.2, 0.25) is 0 Å². The van der Waals surface area contributed by atoms with E-state index in [2.05, 4.69) is 0 Å². The van der Waals surface area contributed by atoms with Crippen LogP contribution in [0.1, 0.15) is 79.0 Å². The summed E-state index contributed by atoms with van der Waals surface area (Å²) < 4.78 is 23.4. The van der Waals surface area contributed by atoms with Gasteiger partial charge in [-0.1, -0.05) is 47.6 Å². The summed E-state index contributed by atoms with van der Waals surface area (Å²) >= 11 is 0. The smallest absolute Gasteiger partial charge is 0.341 e. The van der Waals surface area contributed by atoms with Crippen molar-refractivity contribution < 1.29 is 23.5 Å². The van der Waals surface area contributed by atoms with Gasteiger partial charge in [0, 0.05) is 11.1 Å². The first-order chi connectivity index (χ1) is 13.2. The Kier molecular flexibility index (Phi) is 8.47. The van der Waals surface area contributed by atoms with Gasteiger partial charge < -0.3 is 14.2 Å². The van der Waals surface area contributed by atoms with Crippen LogP contribution >= 0.6 is 7.60 Å². The summed E-state index contributed by atoms with van der Waals surface area (Å²) in [7, 11) is -3.51. The minimum absolute atomic E-state index is 0.209. The van der Waals surface area contributed by atoms with Crippen LogP contribution in [0.4, 0.5) is 0 Å². The summed E-state index contributed by atoms with van der Waals surface area (Å²) in [6.45, 7) is 17.6. The highest BCUT2D eigenvalue weighted by Gasteiger charge is 2.36. The van der Waals surface area contributed by atoms with Crippen LogP contribution in [0.3, 0.4) is 0 Å². The maximum absolute atomic E-state index is 12.8. The van der Waals surface area contributed by atoms with E-state index in [1.54, 1.807) is 26.8 Å². The van der Waals surface area contributed by atoms with Gasteiger partial charge >= 0.3 is 7.60 Å². The summed E-state index contributed by atoms with van der Waals surface area (Å²) in [5.41, 5.74) is 1.04. The molecule has 1 aromatic carbocycles. The number of ketones is 1. The number of benzene rings is 1. The molecule has 0 heterocycles. The number of hydrogen-bond donors (Lipinski definition) is 1. The molecule has 0 aromatic heterocycles. The number of carbonyl (C=O) groups is 1. The van der Waals surface area contributed by atoms with Crippen molar-refractivity contribution in [2.75, 3.05) is 13.2 Å². The first-order valence-electron chi connectivity index (χ1n) is 10.2. The standard InChI is InChI=1S/C23H37O5P/c1-10-27-29(26,28-11-2)16(3)20(24)13-12-17-14-18(22(4,5)6)21(25)19(15-17)23(7,8)9/h12-16,25H,10-11H2,1-9H3/b13-12+. The lowest BCUT2D eigenvalue weighted by molar-refractivity contribution is -0.114. The second-order valence-corrected chi connectivity index (χ2v) is 11.6. The number of phenolic OH excluding ortho intramolecular Hbond substituents is 1. The lowest BCUT2D eigenvalue weighted by Gasteiger charge is -2.28. The third kappa shape index (κ3) is 6.53. The molecular formula is C23H37O5P. The quantitative estimate of drug-likeness (QED) is 0.396. The van der Waals surface area contributed by atoms with Crippen LogP contribution in [0, 0.1) is 0 Å². The van der Waals surface area contributed by atoms with Gasteiger partial charge in [-0.3, -0.25) is 9.36 Å². The number of aromatic hydroxyl groups is 1. The summed E-state index contributed by atoms with van der Waals surface area (Å²) in [4.78, 5) is 12.7. The highest BCUT2D eigenvalue weighted by Crippen LogP contribution is 2.53. The van der Waals surface area contributed by atoms with Crippen molar-refractivity contribution in [1.82, 2.24) is 0 Å². The molecule has 0 aliphatic carbocycles. The van der Waals surface area contributed by atoms with E-state index >= 15 is 0 Å². The van der Waals surface area contributed by atoms with E-state index in [1.807, 2.05) is 53.7 Å². The molecule has 164 valence electrons. The Morgan fingerprint density at radius 3 is 1.79 bits per heavy atom. The molecule has 1 N–H and O–H groups in total. The van der Waals surface area contributed by atoms with Crippen LogP contribution in [-0.4, -0.2) is 29.8 Å². The molecular weight excluding hydrogens is 387 g/mol. The first-order valence-corrected chi connectivity index (χ1v) is 11.8. The molecule has 1 rings (SSSR count). The molecule has 1 aromatic rings. The highest BCUT2D eigenvalue weighted by atomic mass is 31.2. The molecule has 29 heavy (non-hydrogen) atoms. The second-order valence-electron chi connectivity index (χ2n) is 9.25. The van der Waals surface area contributed by atoms with Crippen molar-refractivity contribution in [2.45, 2.75) is 78.8 Å². The molecule has 0 fully saturated rings. The van der Waals surface area contributed by atoms with Crippen LogP contribution in [-0.2, 0) is 29.2 Å². The topological polar surface area (TPSA) is 72.8 Å². The predicted molar refractivity (Wildman–Crippen MR) is 120 cm³/mol. The zero-order valence-electron chi connectivity index (χ0n) is 19.3. The Morgan fingerprint density at radius 1 is 1.03 bits per heavy atom. The zero-order chi connectivity index (χ0) is 22.6. The number of allylic oxidation sites excluding steroid dienone is 1. The number of phenols is 1. The van der Waals surface area contributed by atoms with Gasteiger partial charge in [0.1, 0.15) is 11.4 Å². The fourth-order valence-electron chi connectivity index (χ4n) is 2.99. The minimum atomic E-state index is -3.51. The average Bonchev–Trinajstić information content (AvgIpc) is 2.58. The molecule has 1 unspecified atom stereocenters. The maximum atomic E-state index is 12.8. The molecule has 6 heteroatoms. The SMILES string of the molecule is CCOP(=O)(OCC)C(C)C(=O)/C=C/c1cc(C(C)(C)C)c(O)c(C(C)(C)C)c1. The summed E-state index contributed by atoms with van der Waals surface area (Å²) in [5, 5.41) is 10.8. The van der Waals surface area contributed by atoms with E-state index in [4.69, 9.17) is 9.05 Å². The van der Waals surface area contributed by atoms with Crippen molar-refractivity contribution in [2.24, 2.45) is 0 Å². The number of carbonyl (C=O) groups excluding carboxylic acids is 1. The predicted octanol–water partition coefficient (Wildman–Crippen LogP) is 6.22. The molecule has 0 saturated heterocycles. The van der Waals surface area contributed by atoms with Gasteiger partial charge in [-0.05, 0) is 55.4 Å². The molecule has 0 aliphatic rings. The van der Waals surface area contributed by atoms with Crippen LogP contribution in [0.25, 0.3) is 6.08 Å². The highest BCUT2D eigenvalue weighted by molar-refractivity contribution is 7.55. The van der Waals surface area contributed by atoms with Crippen LogP contribution in [0.5, 0.6) is 5.75 Å². The molecule has 0 amide bonds. The Balaban J connectivity index is 3.34. The Hall–Kier alpha value is -1.42. The fourth-order valence-corrected chi connectivity index (χ4v) is 4.63. The van der Waals surface area contributed by atoms with Gasteiger partial charge in [0.15, 0.2) is 5.78 Å². The van der Waals surface area contributed by atoms with Crippen molar-refractivity contribution in [3.05, 3.63) is 34.9 Å². The number of rotatable bonds is 8. The van der Waals surface area contributed by atoms with Crippen LogP contribution in [0.2, 0.25) is 0 Å². The van der Waals surface area contributed by atoms with Crippen molar-refractivity contribution in [3.8, 4) is 5.75 Å². The molecule has 0 aliphatic heterocycles. The van der Waals surface area contributed by atoms with Crippen molar-refractivity contribution in [1.29, 1.82) is 0 Å². The maximum Gasteiger partial charge on any atom is 0.341 e. The zero-order valence-corrected chi connectivity index (χ0v) is 20.2. The van der Waals surface area contributed by atoms with Gasteiger partial charge in [-0.2, -0.15) is 0 Å². The third-order valence-electron chi connectivity index (χ3n) is 4.69. The molecule has 0 saturated carbocycles. The monoisotopic (exact) mass is 424 g/mol. The van der Waals surface area contributed by atoms with E-state index in [1.165, 1.54) is 6.08 Å². The van der Waals surface area contributed by atoms with E-state index in [0.29, 0.717) is 5.75 Å². The van der Waals surface area contributed by atoms with Crippen molar-refractivity contribution in [3.63, 3.8) is 0 Å². The Morgan fingerprint density at radius 2 is 1.45 bits per heavy atom. The van der Waals surface area contributed by atoms with E-state index < -0.39 is 13.3 Å². The van der Waals surface area contributed by atoms with Gasteiger partial charge in [0.25, 0.3) is 0 Å². The summed E-state index contributed by atoms with van der Waals surface area (Å²) in [6, 6.07) is 3.79. The summed E-state index contributed by atoms with van der Waals surface area (Å²) in [6.07, 6.45) is 3.12. The average molecular weight is 425 g/mol. The van der Waals surface area contributed by atoms with Crippen molar-refractivity contribution >= 4 is 19.5 Å². The normalized spacial score (nSPS) is 14.4. The lowest BCUT2D eigenvalue weighted by atomic mass is 9.78. The fraction of sp³-hybridized carbons (Fsp3) is 0.609. The molecule has 0 spiro atoms. The Labute approximate surface area is 176 Å². The second kappa shape index (κ2) is 9.59. The molecule has 0 bridgehead atoms. The minimum Gasteiger partial charge on any atom is -0.507 e.